The molecule has 10 aromatic rings. The Morgan fingerprint density at radius 2 is 1.29 bits per heavy atom. The second-order valence-corrected chi connectivity index (χ2v) is 17.4. The van der Waals surface area contributed by atoms with Crippen LogP contribution < -0.4 is 9.30 Å². The predicted molar refractivity (Wildman–Crippen MR) is 248 cm³/mol. The van der Waals surface area contributed by atoms with Gasteiger partial charge in [-0.2, -0.15) is 18.2 Å². The predicted octanol–water partition coefficient (Wildman–Crippen LogP) is 13.5. The van der Waals surface area contributed by atoms with Gasteiger partial charge in [-0.05, 0) is 73.5 Å². The number of nitrogens with zero attached hydrogens (tertiary/aromatic N) is 4. The Morgan fingerprint density at radius 3 is 2.08 bits per heavy atom. The minimum absolute atomic E-state index is 0. The zero-order chi connectivity index (χ0) is 46.2. The van der Waals surface area contributed by atoms with Crippen LogP contribution in [0.1, 0.15) is 59.5 Å². The maximum atomic E-state index is 9.08. The summed E-state index contributed by atoms with van der Waals surface area (Å²) in [5, 5.41) is 2.12. The number of hydrogen-bond acceptors (Lipinski definition) is 2. The van der Waals surface area contributed by atoms with E-state index in [4.69, 9.17) is 16.6 Å². The Morgan fingerprint density at radius 1 is 0.613 bits per heavy atom. The van der Waals surface area contributed by atoms with Gasteiger partial charge in [-0.3, -0.25) is 4.57 Å². The van der Waals surface area contributed by atoms with Gasteiger partial charge in [0.25, 0.3) is 6.33 Å². The van der Waals surface area contributed by atoms with Crippen LogP contribution in [0.15, 0.2) is 170 Å². The van der Waals surface area contributed by atoms with Gasteiger partial charge in [0.1, 0.15) is 5.82 Å². The Balaban J connectivity index is 0.00000562. The van der Waals surface area contributed by atoms with Crippen LogP contribution in [0.5, 0.6) is 11.5 Å². The standard InChI is InChI=1S/C56H46N4O.Pt/c1-55(2,3)40-20-14-19-39(33-40)46-25-16-24-45(38-17-8-7-9-18-38)54(46)59-37-58(50-27-12-13-28-51(50)59)42-21-15-22-43(35-42)61-44-29-30-48-47-23-10-11-26-49(47)60(52(48)36-44)53-34-41(31-32-57-53)56(4,5)6;/h7-34H,1-6H3;/q-2;/i7D,8D,9D,17D,18D;. The van der Waals surface area contributed by atoms with Gasteiger partial charge in [0, 0.05) is 44.3 Å². The number of ether oxygens (including phenoxy) is 1. The summed E-state index contributed by atoms with van der Waals surface area (Å²) in [6.45, 7) is 13.1. The maximum Gasteiger partial charge on any atom is 0.268 e. The summed E-state index contributed by atoms with van der Waals surface area (Å²) in [7, 11) is 0. The first-order valence-electron chi connectivity index (χ1n) is 23.0. The fourth-order valence-corrected chi connectivity index (χ4v) is 8.08. The Bertz CT molecular complexity index is 3540. The van der Waals surface area contributed by atoms with Crippen LogP contribution >= 0.6 is 0 Å². The summed E-state index contributed by atoms with van der Waals surface area (Å²) in [4.78, 5) is 4.83. The van der Waals surface area contributed by atoms with E-state index in [9.17, 15) is 0 Å². The molecule has 62 heavy (non-hydrogen) atoms. The average Bonchev–Trinajstić information content (AvgIpc) is 3.86. The van der Waals surface area contributed by atoms with E-state index >= 15 is 0 Å². The molecule has 0 unspecified atom stereocenters. The molecule has 308 valence electrons. The van der Waals surface area contributed by atoms with Crippen molar-refractivity contribution in [2.45, 2.75) is 52.4 Å². The van der Waals surface area contributed by atoms with Crippen LogP contribution in [0.3, 0.4) is 0 Å². The Kier molecular flexibility index (Phi) is 9.08. The smallest absolute Gasteiger partial charge is 0.268 e. The summed E-state index contributed by atoms with van der Waals surface area (Å²) in [5.41, 5.74) is 9.11. The van der Waals surface area contributed by atoms with E-state index in [2.05, 4.69) is 107 Å². The van der Waals surface area contributed by atoms with Crippen molar-refractivity contribution >= 4 is 32.8 Å². The van der Waals surface area contributed by atoms with Crippen LogP contribution in [0.25, 0.3) is 72.3 Å². The van der Waals surface area contributed by atoms with Gasteiger partial charge in [0.2, 0.25) is 0 Å². The molecule has 0 aliphatic rings. The van der Waals surface area contributed by atoms with Crippen molar-refractivity contribution < 1.29 is 37.2 Å². The van der Waals surface area contributed by atoms with Crippen molar-refractivity contribution in [3.05, 3.63) is 199 Å². The van der Waals surface area contributed by atoms with Gasteiger partial charge in [-0.1, -0.05) is 162 Å². The van der Waals surface area contributed by atoms with Gasteiger partial charge in [0.15, 0.2) is 0 Å². The molecule has 7 aromatic carbocycles. The molecule has 0 bridgehead atoms. The van der Waals surface area contributed by atoms with Crippen LogP contribution in [-0.4, -0.2) is 14.1 Å². The molecular formula is C56H46N4OPt-2. The molecule has 6 heteroatoms. The van der Waals surface area contributed by atoms with E-state index in [0.29, 0.717) is 28.4 Å². The number of benzene rings is 7. The summed E-state index contributed by atoms with van der Waals surface area (Å²) < 4.78 is 56.3. The monoisotopic (exact) mass is 990 g/mol. The van der Waals surface area contributed by atoms with Gasteiger partial charge >= 0.3 is 0 Å². The SMILES string of the molecule is [2H]c1c([2H])c([2H])c(-c2cccc(-c3cccc(C(C)(C)C)c3)c2-[n+]2[c-]n(-c3[c-]c(Oc4[c-]c5c(cc4)c4ccccc4n5-c4cc(C(C)(C)C)ccn4)ccc3)c3ccccc32)c([2H])c1[2H].[Pt]. The van der Waals surface area contributed by atoms with E-state index in [1.165, 1.54) is 5.56 Å². The second kappa shape index (κ2) is 16.0. The molecule has 3 aromatic heterocycles. The van der Waals surface area contributed by atoms with E-state index in [-0.39, 0.29) is 49.5 Å². The van der Waals surface area contributed by atoms with E-state index in [0.717, 1.165) is 55.3 Å². The molecule has 0 amide bonds. The van der Waals surface area contributed by atoms with Gasteiger partial charge < -0.3 is 13.9 Å². The number of hydrogen-bond donors (Lipinski definition) is 0. The molecule has 5 nitrogen and oxygen atoms in total. The molecule has 0 saturated heterocycles. The number of aromatic nitrogens is 4. The number of imidazole rings is 1. The van der Waals surface area contributed by atoms with Crippen molar-refractivity contribution in [2.24, 2.45) is 0 Å². The fraction of sp³-hybridized carbons (Fsp3) is 0.143. The molecule has 0 N–H and O–H groups in total. The summed E-state index contributed by atoms with van der Waals surface area (Å²) in [6, 6.07) is 49.4. The largest absolute Gasteiger partial charge is 0.510 e. The molecule has 0 atom stereocenters. The molecule has 0 aliphatic heterocycles. The first-order chi connectivity index (χ1) is 31.6. The van der Waals surface area contributed by atoms with Crippen LogP contribution in [-0.2, 0) is 31.9 Å². The first kappa shape index (κ1) is 35.1. The Hall–Kier alpha value is -6.55. The Labute approximate surface area is 385 Å². The van der Waals surface area contributed by atoms with Crippen LogP contribution in [0.4, 0.5) is 0 Å². The third-order valence-electron chi connectivity index (χ3n) is 11.2. The van der Waals surface area contributed by atoms with Gasteiger partial charge in [-0.25, -0.2) is 4.98 Å². The quantitative estimate of drug-likeness (QED) is 0.118. The second-order valence-electron chi connectivity index (χ2n) is 17.4. The molecule has 10 rings (SSSR count). The average molecular weight is 991 g/mol. The van der Waals surface area contributed by atoms with Crippen molar-refractivity contribution in [3.8, 4) is 50.9 Å². The third-order valence-corrected chi connectivity index (χ3v) is 11.2. The van der Waals surface area contributed by atoms with Crippen molar-refractivity contribution in [1.82, 2.24) is 14.1 Å². The van der Waals surface area contributed by atoms with E-state index in [1.807, 2.05) is 106 Å². The number of para-hydroxylation sites is 4. The van der Waals surface area contributed by atoms with Crippen LogP contribution in [0, 0.1) is 18.5 Å². The molecule has 0 fully saturated rings. The van der Waals surface area contributed by atoms with Crippen molar-refractivity contribution in [2.75, 3.05) is 0 Å². The topological polar surface area (TPSA) is 35.9 Å². The molecule has 0 radical (unpaired) electrons. The van der Waals surface area contributed by atoms with Gasteiger partial charge in [-0.15, -0.1) is 29.7 Å². The van der Waals surface area contributed by atoms with Crippen molar-refractivity contribution in [3.63, 3.8) is 0 Å². The zero-order valence-electron chi connectivity index (χ0n) is 40.3. The number of rotatable bonds is 7. The third kappa shape index (κ3) is 7.45. The molecule has 0 spiro atoms. The summed E-state index contributed by atoms with van der Waals surface area (Å²) in [6.07, 6.45) is 5.48. The van der Waals surface area contributed by atoms with Gasteiger partial charge in [0.05, 0.1) is 23.6 Å². The van der Waals surface area contributed by atoms with Crippen LogP contribution in [0.2, 0.25) is 0 Å². The normalized spacial score (nSPS) is 13.0. The van der Waals surface area contributed by atoms with E-state index in [1.54, 1.807) is 0 Å². The molecular weight excluding hydrogens is 940 g/mol. The zero-order valence-corrected chi connectivity index (χ0v) is 37.6. The fourth-order valence-electron chi connectivity index (χ4n) is 8.08. The minimum Gasteiger partial charge on any atom is -0.510 e. The van der Waals surface area contributed by atoms with Crippen molar-refractivity contribution in [1.29, 1.82) is 0 Å². The first-order valence-corrected chi connectivity index (χ1v) is 20.5. The summed E-state index contributed by atoms with van der Waals surface area (Å²) >= 11 is 0. The number of pyridine rings is 1. The maximum absolute atomic E-state index is 9.08. The molecule has 0 saturated carbocycles. The van der Waals surface area contributed by atoms with E-state index < -0.39 is 18.1 Å². The number of fused-ring (bicyclic) bond motifs is 4. The summed E-state index contributed by atoms with van der Waals surface area (Å²) in [5.74, 6) is 1.78. The molecule has 3 heterocycles. The minimum atomic E-state index is -0.444. The molecule has 0 aliphatic carbocycles.